The minimum absolute atomic E-state index is 0.150. The standard InChI is InChI=1S/C40H35F7O/c1-2-3-4-7-26-10-12-27(13-11-26)8-5-6-9-28-14-21-34(36(42)22-28)40(46,47)48-32-18-15-29(16-19-32)30-17-20-33(35(41)23-30)31-24-37(43)39(45)38(44)25-31/h10-25H,2-9H2,1H3. The molecule has 0 aromatic heterocycles. The largest absolute Gasteiger partial charge is 0.429 e. The fraction of sp³-hybridized carbons (Fsp3) is 0.250. The van der Waals surface area contributed by atoms with Crippen LogP contribution in [0, 0.1) is 29.1 Å². The molecule has 0 heterocycles. The lowest BCUT2D eigenvalue weighted by atomic mass is 9.99. The normalized spacial score (nSPS) is 11.6. The van der Waals surface area contributed by atoms with E-state index in [9.17, 15) is 22.0 Å². The second-order valence-electron chi connectivity index (χ2n) is 11.9. The van der Waals surface area contributed by atoms with Crippen LogP contribution in [-0.4, -0.2) is 0 Å². The van der Waals surface area contributed by atoms with E-state index >= 15 is 8.78 Å². The average molecular weight is 665 g/mol. The van der Waals surface area contributed by atoms with Crippen molar-refractivity contribution in [3.8, 4) is 28.0 Å². The van der Waals surface area contributed by atoms with Crippen LogP contribution in [0.1, 0.15) is 61.3 Å². The number of aryl methyl sites for hydroxylation is 3. The van der Waals surface area contributed by atoms with Gasteiger partial charge in [-0.3, -0.25) is 0 Å². The van der Waals surface area contributed by atoms with Gasteiger partial charge in [0.2, 0.25) is 0 Å². The zero-order valence-electron chi connectivity index (χ0n) is 26.4. The lowest BCUT2D eigenvalue weighted by molar-refractivity contribution is -0.187. The highest BCUT2D eigenvalue weighted by Gasteiger charge is 2.37. The molecule has 0 fully saturated rings. The lowest BCUT2D eigenvalue weighted by Crippen LogP contribution is -2.23. The number of hydrogen-bond donors (Lipinski definition) is 0. The number of rotatable bonds is 14. The summed E-state index contributed by atoms with van der Waals surface area (Å²) < 4.78 is 105. The summed E-state index contributed by atoms with van der Waals surface area (Å²) in [5.74, 6) is -6.68. The number of ether oxygens (including phenoxy) is 1. The van der Waals surface area contributed by atoms with Gasteiger partial charge in [0, 0.05) is 5.56 Å². The van der Waals surface area contributed by atoms with Crippen LogP contribution >= 0.6 is 0 Å². The summed E-state index contributed by atoms with van der Waals surface area (Å²) in [6.07, 6.45) is 3.85. The highest BCUT2D eigenvalue weighted by Crippen LogP contribution is 2.35. The van der Waals surface area contributed by atoms with Crippen LogP contribution in [-0.2, 0) is 25.4 Å². The van der Waals surface area contributed by atoms with E-state index in [2.05, 4.69) is 31.2 Å². The Hall–Kier alpha value is -4.59. The maximum Gasteiger partial charge on any atom is 0.429 e. The molecule has 0 N–H and O–H groups in total. The number of hydrogen-bond acceptors (Lipinski definition) is 1. The highest BCUT2D eigenvalue weighted by molar-refractivity contribution is 5.71. The SMILES string of the molecule is CCCCCc1ccc(CCCCc2ccc(C(F)(F)Oc3ccc(-c4ccc(-c5cc(F)c(F)c(F)c5)c(F)c4)cc3)c(F)c2)cc1. The van der Waals surface area contributed by atoms with Gasteiger partial charge in [0.05, 0.1) is 5.56 Å². The molecule has 0 aliphatic heterocycles. The quantitative estimate of drug-likeness (QED) is 0.0652. The topological polar surface area (TPSA) is 9.23 Å². The van der Waals surface area contributed by atoms with Crippen LogP contribution in [0.2, 0.25) is 0 Å². The van der Waals surface area contributed by atoms with Crippen molar-refractivity contribution in [3.63, 3.8) is 0 Å². The molecular formula is C40H35F7O. The van der Waals surface area contributed by atoms with E-state index in [1.165, 1.54) is 72.9 Å². The van der Waals surface area contributed by atoms with E-state index < -0.39 is 40.8 Å². The molecule has 0 radical (unpaired) electrons. The summed E-state index contributed by atoms with van der Waals surface area (Å²) in [5.41, 5.74) is 2.75. The Kier molecular flexibility index (Phi) is 11.2. The molecule has 0 saturated carbocycles. The molecule has 0 atom stereocenters. The fourth-order valence-electron chi connectivity index (χ4n) is 5.62. The zero-order valence-corrected chi connectivity index (χ0v) is 26.4. The minimum atomic E-state index is -3.96. The molecule has 0 amide bonds. The van der Waals surface area contributed by atoms with Crippen molar-refractivity contribution < 1.29 is 35.5 Å². The number of halogens is 7. The summed E-state index contributed by atoms with van der Waals surface area (Å²) in [5, 5.41) is 0. The van der Waals surface area contributed by atoms with Gasteiger partial charge in [-0.2, -0.15) is 8.78 Å². The molecule has 0 spiro atoms. The molecule has 0 aliphatic carbocycles. The molecule has 48 heavy (non-hydrogen) atoms. The third-order valence-electron chi connectivity index (χ3n) is 8.32. The molecule has 5 aromatic carbocycles. The highest BCUT2D eigenvalue weighted by atomic mass is 19.3. The summed E-state index contributed by atoms with van der Waals surface area (Å²) in [6.45, 7) is 2.19. The Balaban J connectivity index is 1.16. The summed E-state index contributed by atoms with van der Waals surface area (Å²) in [7, 11) is 0. The van der Waals surface area contributed by atoms with Gasteiger partial charge in [-0.25, -0.2) is 22.0 Å². The molecule has 250 valence electrons. The van der Waals surface area contributed by atoms with E-state index in [1.807, 2.05) is 0 Å². The summed E-state index contributed by atoms with van der Waals surface area (Å²) >= 11 is 0. The first-order valence-corrected chi connectivity index (χ1v) is 16.0. The number of alkyl halides is 2. The third-order valence-corrected chi connectivity index (χ3v) is 8.32. The van der Waals surface area contributed by atoms with Crippen molar-refractivity contribution >= 4 is 0 Å². The van der Waals surface area contributed by atoms with E-state index in [0.717, 1.165) is 43.9 Å². The molecule has 5 rings (SSSR count). The number of unbranched alkanes of at least 4 members (excludes halogenated alkanes) is 3. The van der Waals surface area contributed by atoms with Crippen molar-refractivity contribution in [2.45, 2.75) is 64.4 Å². The van der Waals surface area contributed by atoms with Gasteiger partial charge < -0.3 is 4.74 Å². The van der Waals surface area contributed by atoms with Crippen LogP contribution in [0.15, 0.2) is 97.1 Å². The monoisotopic (exact) mass is 664 g/mol. The van der Waals surface area contributed by atoms with Crippen LogP contribution in [0.3, 0.4) is 0 Å². The van der Waals surface area contributed by atoms with E-state index in [0.29, 0.717) is 35.2 Å². The second kappa shape index (κ2) is 15.5. The molecule has 0 saturated heterocycles. The van der Waals surface area contributed by atoms with Gasteiger partial charge >= 0.3 is 6.11 Å². The van der Waals surface area contributed by atoms with Gasteiger partial charge in [-0.05, 0) is 114 Å². The van der Waals surface area contributed by atoms with Gasteiger partial charge in [0.15, 0.2) is 17.5 Å². The Morgan fingerprint density at radius 3 is 1.58 bits per heavy atom. The smallest absolute Gasteiger partial charge is 0.429 e. The molecule has 0 unspecified atom stereocenters. The lowest BCUT2D eigenvalue weighted by Gasteiger charge is -2.19. The van der Waals surface area contributed by atoms with E-state index in [1.54, 1.807) is 0 Å². The molecule has 0 aliphatic rings. The summed E-state index contributed by atoms with van der Waals surface area (Å²) in [6, 6.07) is 22.8. The number of benzene rings is 5. The molecule has 5 aromatic rings. The zero-order chi connectivity index (χ0) is 34.3. The predicted molar refractivity (Wildman–Crippen MR) is 174 cm³/mol. The molecule has 1 nitrogen and oxygen atoms in total. The van der Waals surface area contributed by atoms with E-state index in [-0.39, 0.29) is 16.9 Å². The first-order valence-electron chi connectivity index (χ1n) is 16.0. The maximum atomic E-state index is 15.0. The Morgan fingerprint density at radius 2 is 1.02 bits per heavy atom. The van der Waals surface area contributed by atoms with Crippen molar-refractivity contribution in [3.05, 3.63) is 148 Å². The Morgan fingerprint density at radius 1 is 0.500 bits per heavy atom. The molecule has 8 heteroatoms. The van der Waals surface area contributed by atoms with Gasteiger partial charge in [-0.15, -0.1) is 0 Å². The molecule has 0 bridgehead atoms. The van der Waals surface area contributed by atoms with E-state index in [4.69, 9.17) is 4.74 Å². The average Bonchev–Trinajstić information content (AvgIpc) is 3.06. The van der Waals surface area contributed by atoms with Crippen LogP contribution in [0.4, 0.5) is 30.7 Å². The third kappa shape index (κ3) is 8.65. The second-order valence-corrected chi connectivity index (χ2v) is 11.9. The van der Waals surface area contributed by atoms with Gasteiger partial charge in [0.1, 0.15) is 17.4 Å². The van der Waals surface area contributed by atoms with Crippen LogP contribution in [0.25, 0.3) is 22.3 Å². The van der Waals surface area contributed by atoms with Gasteiger partial charge in [-0.1, -0.05) is 74.4 Å². The van der Waals surface area contributed by atoms with Crippen molar-refractivity contribution in [1.82, 2.24) is 0 Å². The van der Waals surface area contributed by atoms with Crippen molar-refractivity contribution in [1.29, 1.82) is 0 Å². The van der Waals surface area contributed by atoms with Crippen molar-refractivity contribution in [2.75, 3.05) is 0 Å². The minimum Gasteiger partial charge on any atom is -0.429 e. The Labute approximate surface area is 276 Å². The maximum absolute atomic E-state index is 15.0. The first kappa shape index (κ1) is 34.7. The Bertz CT molecular complexity index is 1810. The fourth-order valence-corrected chi connectivity index (χ4v) is 5.62. The van der Waals surface area contributed by atoms with Crippen LogP contribution in [0.5, 0.6) is 5.75 Å². The molecular weight excluding hydrogens is 629 g/mol. The van der Waals surface area contributed by atoms with Gasteiger partial charge in [0.25, 0.3) is 0 Å². The van der Waals surface area contributed by atoms with Crippen molar-refractivity contribution in [2.24, 2.45) is 0 Å². The summed E-state index contributed by atoms with van der Waals surface area (Å²) in [4.78, 5) is 0. The first-order chi connectivity index (χ1) is 23.0. The predicted octanol–water partition coefficient (Wildman–Crippen LogP) is 12.1. The van der Waals surface area contributed by atoms with Crippen LogP contribution < -0.4 is 4.74 Å².